The second kappa shape index (κ2) is 7.70. The molecule has 1 heterocycles. The number of benzene rings is 3. The SMILES string of the molecule is N#CC1=C(N)Oc2cc(OC(=O)c3ccccc3)ccc2C1c1ccccc1Cl. The molecule has 3 aromatic rings. The van der Waals surface area contributed by atoms with Gasteiger partial charge in [0.1, 0.15) is 23.1 Å². The van der Waals surface area contributed by atoms with Gasteiger partial charge in [0, 0.05) is 16.7 Å². The molecule has 0 radical (unpaired) electrons. The summed E-state index contributed by atoms with van der Waals surface area (Å²) < 4.78 is 11.1. The highest BCUT2D eigenvalue weighted by molar-refractivity contribution is 6.31. The highest BCUT2D eigenvalue weighted by Crippen LogP contribution is 2.45. The lowest BCUT2D eigenvalue weighted by Crippen LogP contribution is -2.21. The summed E-state index contributed by atoms with van der Waals surface area (Å²) in [7, 11) is 0. The quantitative estimate of drug-likeness (QED) is 0.503. The average molecular weight is 403 g/mol. The van der Waals surface area contributed by atoms with E-state index >= 15 is 0 Å². The molecule has 0 aliphatic carbocycles. The van der Waals surface area contributed by atoms with Crippen molar-refractivity contribution >= 4 is 17.6 Å². The van der Waals surface area contributed by atoms with E-state index in [1.165, 1.54) is 0 Å². The number of rotatable bonds is 3. The highest BCUT2D eigenvalue weighted by atomic mass is 35.5. The number of nitriles is 1. The summed E-state index contributed by atoms with van der Waals surface area (Å²) in [6.45, 7) is 0. The molecule has 4 rings (SSSR count). The largest absolute Gasteiger partial charge is 0.440 e. The molecule has 1 atom stereocenters. The second-order valence-corrected chi connectivity index (χ2v) is 6.81. The van der Waals surface area contributed by atoms with Gasteiger partial charge in [0.15, 0.2) is 0 Å². The maximum absolute atomic E-state index is 12.3. The number of nitrogens with zero attached hydrogens (tertiary/aromatic N) is 1. The predicted molar refractivity (Wildman–Crippen MR) is 109 cm³/mol. The molecule has 1 aliphatic heterocycles. The van der Waals surface area contributed by atoms with E-state index in [-0.39, 0.29) is 11.5 Å². The first-order chi connectivity index (χ1) is 14.1. The summed E-state index contributed by atoms with van der Waals surface area (Å²) >= 11 is 6.38. The van der Waals surface area contributed by atoms with E-state index in [4.69, 9.17) is 26.8 Å². The van der Waals surface area contributed by atoms with Crippen molar-refractivity contribution in [3.05, 3.63) is 106 Å². The van der Waals surface area contributed by atoms with Crippen molar-refractivity contribution in [2.75, 3.05) is 0 Å². The number of nitrogens with two attached hydrogens (primary N) is 1. The van der Waals surface area contributed by atoms with Crippen LogP contribution in [0.3, 0.4) is 0 Å². The van der Waals surface area contributed by atoms with Crippen LogP contribution in [0.15, 0.2) is 84.3 Å². The van der Waals surface area contributed by atoms with E-state index in [0.717, 1.165) is 5.56 Å². The van der Waals surface area contributed by atoms with Crippen LogP contribution in [-0.4, -0.2) is 5.97 Å². The van der Waals surface area contributed by atoms with Gasteiger partial charge in [-0.15, -0.1) is 0 Å². The first-order valence-electron chi connectivity index (χ1n) is 8.81. The van der Waals surface area contributed by atoms with E-state index < -0.39 is 11.9 Å². The Morgan fingerprint density at radius 3 is 2.48 bits per heavy atom. The van der Waals surface area contributed by atoms with Crippen LogP contribution in [-0.2, 0) is 0 Å². The Bertz CT molecular complexity index is 1170. The van der Waals surface area contributed by atoms with Gasteiger partial charge in [-0.1, -0.05) is 54.1 Å². The molecule has 0 bridgehead atoms. The zero-order valence-corrected chi connectivity index (χ0v) is 15.9. The summed E-state index contributed by atoms with van der Waals surface area (Å²) in [6, 6.07) is 23.1. The zero-order valence-electron chi connectivity index (χ0n) is 15.1. The fourth-order valence-corrected chi connectivity index (χ4v) is 3.51. The van der Waals surface area contributed by atoms with Crippen molar-refractivity contribution in [1.82, 2.24) is 0 Å². The molecule has 3 aromatic carbocycles. The highest BCUT2D eigenvalue weighted by Gasteiger charge is 2.32. The number of hydrogen-bond donors (Lipinski definition) is 1. The van der Waals surface area contributed by atoms with E-state index in [2.05, 4.69) is 6.07 Å². The number of fused-ring (bicyclic) bond motifs is 1. The van der Waals surface area contributed by atoms with Crippen LogP contribution in [0.5, 0.6) is 11.5 Å². The van der Waals surface area contributed by atoms with Crippen LogP contribution in [0.25, 0.3) is 0 Å². The van der Waals surface area contributed by atoms with Gasteiger partial charge in [0.25, 0.3) is 0 Å². The van der Waals surface area contributed by atoms with Crippen LogP contribution in [0.1, 0.15) is 27.4 Å². The zero-order chi connectivity index (χ0) is 20.4. The van der Waals surface area contributed by atoms with Crippen molar-refractivity contribution in [2.24, 2.45) is 5.73 Å². The van der Waals surface area contributed by atoms with Gasteiger partial charge in [-0.05, 0) is 29.8 Å². The number of halogens is 1. The molecular weight excluding hydrogens is 388 g/mol. The Kier molecular flexibility index (Phi) is 4.94. The number of hydrogen-bond acceptors (Lipinski definition) is 5. The van der Waals surface area contributed by atoms with Crippen LogP contribution >= 0.6 is 11.6 Å². The topological polar surface area (TPSA) is 85.3 Å². The molecule has 29 heavy (non-hydrogen) atoms. The maximum Gasteiger partial charge on any atom is 0.343 e. The van der Waals surface area contributed by atoms with Gasteiger partial charge in [0.05, 0.1) is 11.5 Å². The Morgan fingerprint density at radius 2 is 1.76 bits per heavy atom. The van der Waals surface area contributed by atoms with Crippen molar-refractivity contribution in [1.29, 1.82) is 5.26 Å². The predicted octanol–water partition coefficient (Wildman–Crippen LogP) is 4.78. The Hall–Kier alpha value is -3.75. The number of esters is 1. The Labute approximate surface area is 172 Å². The maximum atomic E-state index is 12.3. The third kappa shape index (κ3) is 3.54. The number of carbonyl (C=O) groups excluding carboxylic acids is 1. The van der Waals surface area contributed by atoms with Crippen molar-refractivity contribution < 1.29 is 14.3 Å². The molecule has 5 nitrogen and oxygen atoms in total. The molecule has 0 fully saturated rings. The number of carbonyl (C=O) groups is 1. The van der Waals surface area contributed by atoms with E-state index in [0.29, 0.717) is 27.6 Å². The van der Waals surface area contributed by atoms with Gasteiger partial charge in [0.2, 0.25) is 5.88 Å². The molecule has 0 saturated carbocycles. The monoisotopic (exact) mass is 402 g/mol. The molecular formula is C23H15ClN2O3. The first kappa shape index (κ1) is 18.6. The number of allylic oxidation sites excluding steroid dienone is 1. The van der Waals surface area contributed by atoms with Crippen LogP contribution in [0.2, 0.25) is 5.02 Å². The van der Waals surface area contributed by atoms with Gasteiger partial charge >= 0.3 is 5.97 Å². The molecule has 0 spiro atoms. The van der Waals surface area contributed by atoms with Gasteiger partial charge in [-0.3, -0.25) is 0 Å². The third-order valence-electron chi connectivity index (χ3n) is 4.63. The lowest BCUT2D eigenvalue weighted by molar-refractivity contribution is 0.0734. The van der Waals surface area contributed by atoms with E-state index in [1.807, 2.05) is 24.3 Å². The number of ether oxygens (including phenoxy) is 2. The molecule has 1 unspecified atom stereocenters. The second-order valence-electron chi connectivity index (χ2n) is 6.40. The van der Waals surface area contributed by atoms with Crippen molar-refractivity contribution in [3.63, 3.8) is 0 Å². The summed E-state index contributed by atoms with van der Waals surface area (Å²) in [6.07, 6.45) is 0. The normalized spacial score (nSPS) is 15.1. The van der Waals surface area contributed by atoms with Crippen molar-refractivity contribution in [3.8, 4) is 17.6 Å². The summed E-state index contributed by atoms with van der Waals surface area (Å²) in [5.74, 6) is -0.244. The molecule has 2 N–H and O–H groups in total. The molecule has 0 saturated heterocycles. The lowest BCUT2D eigenvalue weighted by Gasteiger charge is -2.27. The Balaban J connectivity index is 1.73. The molecule has 6 heteroatoms. The molecule has 142 valence electrons. The Morgan fingerprint density at radius 1 is 1.03 bits per heavy atom. The standard InChI is InChI=1S/C23H15ClN2O3/c24-19-9-5-4-8-16(19)21-17-11-10-15(12-20(17)29-22(26)18(21)13-25)28-23(27)14-6-2-1-3-7-14/h1-12,21H,26H2. The lowest BCUT2D eigenvalue weighted by atomic mass is 9.83. The van der Waals surface area contributed by atoms with E-state index in [9.17, 15) is 10.1 Å². The fraction of sp³-hybridized carbons (Fsp3) is 0.0435. The third-order valence-corrected chi connectivity index (χ3v) is 4.97. The summed E-state index contributed by atoms with van der Waals surface area (Å²) in [4.78, 5) is 12.3. The van der Waals surface area contributed by atoms with Crippen LogP contribution in [0.4, 0.5) is 0 Å². The van der Waals surface area contributed by atoms with Crippen LogP contribution < -0.4 is 15.2 Å². The molecule has 0 amide bonds. The van der Waals surface area contributed by atoms with Gasteiger partial charge < -0.3 is 15.2 Å². The average Bonchev–Trinajstić information content (AvgIpc) is 2.74. The van der Waals surface area contributed by atoms with E-state index in [1.54, 1.807) is 48.5 Å². The minimum Gasteiger partial charge on any atom is -0.440 e. The summed E-state index contributed by atoms with van der Waals surface area (Å²) in [5, 5.41) is 10.1. The van der Waals surface area contributed by atoms with Gasteiger partial charge in [-0.2, -0.15) is 5.26 Å². The minimum atomic E-state index is -0.481. The fourth-order valence-electron chi connectivity index (χ4n) is 3.27. The molecule has 0 aromatic heterocycles. The molecule has 1 aliphatic rings. The summed E-state index contributed by atoms with van der Waals surface area (Å²) in [5.41, 5.74) is 8.18. The van der Waals surface area contributed by atoms with Crippen molar-refractivity contribution in [2.45, 2.75) is 5.92 Å². The van der Waals surface area contributed by atoms with Gasteiger partial charge in [-0.25, -0.2) is 4.79 Å². The first-order valence-corrected chi connectivity index (χ1v) is 9.19. The van der Waals surface area contributed by atoms with Crippen LogP contribution in [0, 0.1) is 11.3 Å². The minimum absolute atomic E-state index is 0.00328. The smallest absolute Gasteiger partial charge is 0.343 e.